The maximum atomic E-state index is 12.0. The zero-order chi connectivity index (χ0) is 18.9. The molecule has 1 aliphatic heterocycles. The smallest absolute Gasteiger partial charge is 0.249 e. The molecule has 1 saturated heterocycles. The third kappa shape index (κ3) is 5.05. The van der Waals surface area contributed by atoms with Gasteiger partial charge in [-0.25, -0.2) is 0 Å². The van der Waals surface area contributed by atoms with Crippen molar-refractivity contribution in [3.63, 3.8) is 0 Å². The molecule has 26 heavy (non-hydrogen) atoms. The van der Waals surface area contributed by atoms with Crippen molar-refractivity contribution in [2.24, 2.45) is 0 Å². The number of hydrogen-bond acceptors (Lipinski definition) is 5. The van der Waals surface area contributed by atoms with Gasteiger partial charge in [0, 0.05) is 18.5 Å². The molecule has 2 rings (SSSR count). The number of amides is 4. The molecule has 1 aliphatic rings. The van der Waals surface area contributed by atoms with Gasteiger partial charge in [-0.3, -0.25) is 24.5 Å². The predicted octanol–water partition coefficient (Wildman–Crippen LogP) is 0.274. The standard InChI is InChI=1S/C18H23N3O5/c1-13-4-2-5-16(26-9-3-8-19-11-22)14(13)10-21(12-23)15-6-7-17(24)20-18(15)25/h2,4-5,11-12,15H,3,6-10H2,1H3,(H,19,22)(H,20,24,25). The van der Waals surface area contributed by atoms with Gasteiger partial charge in [-0.15, -0.1) is 0 Å². The first-order chi connectivity index (χ1) is 12.6. The van der Waals surface area contributed by atoms with Gasteiger partial charge in [-0.05, 0) is 31.4 Å². The molecule has 0 aromatic heterocycles. The van der Waals surface area contributed by atoms with Crippen LogP contribution in [0, 0.1) is 6.92 Å². The Kier molecular flexibility index (Phi) is 7.13. The van der Waals surface area contributed by atoms with E-state index in [4.69, 9.17) is 4.74 Å². The van der Waals surface area contributed by atoms with Crippen molar-refractivity contribution in [2.75, 3.05) is 13.2 Å². The largest absolute Gasteiger partial charge is 0.493 e. The van der Waals surface area contributed by atoms with Gasteiger partial charge in [-0.1, -0.05) is 12.1 Å². The number of benzene rings is 1. The number of hydrogen-bond donors (Lipinski definition) is 2. The lowest BCUT2D eigenvalue weighted by Crippen LogP contribution is -2.51. The molecule has 4 amide bonds. The van der Waals surface area contributed by atoms with E-state index >= 15 is 0 Å². The number of rotatable bonds is 10. The van der Waals surface area contributed by atoms with Crippen molar-refractivity contribution < 1.29 is 23.9 Å². The highest BCUT2D eigenvalue weighted by atomic mass is 16.5. The zero-order valence-electron chi connectivity index (χ0n) is 14.7. The summed E-state index contributed by atoms with van der Waals surface area (Å²) in [4.78, 5) is 46.5. The van der Waals surface area contributed by atoms with E-state index in [0.717, 1.165) is 11.1 Å². The average Bonchev–Trinajstić information content (AvgIpc) is 2.62. The molecular formula is C18H23N3O5. The van der Waals surface area contributed by atoms with Gasteiger partial charge in [-0.2, -0.15) is 0 Å². The number of ether oxygens (including phenoxy) is 1. The summed E-state index contributed by atoms with van der Waals surface area (Å²) in [5.74, 6) is -0.138. The average molecular weight is 361 g/mol. The molecule has 1 unspecified atom stereocenters. The monoisotopic (exact) mass is 361 g/mol. The Bertz CT molecular complexity index is 677. The van der Waals surface area contributed by atoms with E-state index in [1.54, 1.807) is 0 Å². The fourth-order valence-corrected chi connectivity index (χ4v) is 2.83. The second kappa shape index (κ2) is 9.55. The summed E-state index contributed by atoms with van der Waals surface area (Å²) in [5.41, 5.74) is 1.75. The summed E-state index contributed by atoms with van der Waals surface area (Å²) in [5, 5.41) is 4.83. The molecule has 0 radical (unpaired) electrons. The summed E-state index contributed by atoms with van der Waals surface area (Å²) in [6.07, 6.45) is 2.44. The molecule has 8 nitrogen and oxygen atoms in total. The molecule has 1 heterocycles. The first kappa shape index (κ1) is 19.4. The van der Waals surface area contributed by atoms with E-state index in [2.05, 4.69) is 10.6 Å². The van der Waals surface area contributed by atoms with E-state index < -0.39 is 11.9 Å². The number of carbonyl (C=O) groups excluding carboxylic acids is 4. The summed E-state index contributed by atoms with van der Waals surface area (Å²) in [6, 6.07) is 4.90. The quantitative estimate of drug-likeness (QED) is 0.354. The first-order valence-electron chi connectivity index (χ1n) is 8.50. The van der Waals surface area contributed by atoms with E-state index in [9.17, 15) is 19.2 Å². The number of nitrogens with zero attached hydrogens (tertiary/aromatic N) is 1. The van der Waals surface area contributed by atoms with E-state index in [1.165, 1.54) is 4.90 Å². The first-order valence-corrected chi connectivity index (χ1v) is 8.50. The Morgan fingerprint density at radius 1 is 1.35 bits per heavy atom. The number of piperidine rings is 1. The SMILES string of the molecule is Cc1cccc(OCCCNC=O)c1CN(C=O)C1CCC(=O)NC1=O. The highest BCUT2D eigenvalue weighted by Crippen LogP contribution is 2.25. The lowest BCUT2D eigenvalue weighted by Gasteiger charge is -2.30. The molecule has 1 atom stereocenters. The second-order valence-electron chi connectivity index (χ2n) is 6.07. The Labute approximate surface area is 151 Å². The molecule has 0 spiro atoms. The van der Waals surface area contributed by atoms with Crippen LogP contribution in [0.5, 0.6) is 5.75 Å². The topological polar surface area (TPSA) is 105 Å². The molecule has 1 aromatic carbocycles. The van der Waals surface area contributed by atoms with Gasteiger partial charge in [0.1, 0.15) is 11.8 Å². The number of carbonyl (C=O) groups is 4. The van der Waals surface area contributed by atoms with Gasteiger partial charge in [0.2, 0.25) is 24.6 Å². The number of aryl methyl sites for hydroxylation is 1. The van der Waals surface area contributed by atoms with Gasteiger partial charge in [0.25, 0.3) is 0 Å². The lowest BCUT2D eigenvalue weighted by atomic mass is 10.0. The van der Waals surface area contributed by atoms with Crippen LogP contribution < -0.4 is 15.4 Å². The molecule has 1 aromatic rings. The van der Waals surface area contributed by atoms with E-state index in [-0.39, 0.29) is 18.9 Å². The van der Waals surface area contributed by atoms with Crippen LogP contribution in [0.15, 0.2) is 18.2 Å². The maximum absolute atomic E-state index is 12.0. The molecule has 0 saturated carbocycles. The summed E-state index contributed by atoms with van der Waals surface area (Å²) in [6.45, 7) is 3.05. The number of imide groups is 1. The van der Waals surface area contributed by atoms with Crippen LogP contribution in [0.2, 0.25) is 0 Å². The van der Waals surface area contributed by atoms with Gasteiger partial charge in [0.15, 0.2) is 0 Å². The van der Waals surface area contributed by atoms with Crippen LogP contribution in [0.1, 0.15) is 30.4 Å². The minimum absolute atomic E-state index is 0.210. The molecule has 2 N–H and O–H groups in total. The van der Waals surface area contributed by atoms with Crippen LogP contribution >= 0.6 is 0 Å². The van der Waals surface area contributed by atoms with E-state index in [1.807, 2.05) is 25.1 Å². The third-order valence-corrected chi connectivity index (χ3v) is 4.26. The van der Waals surface area contributed by atoms with Crippen LogP contribution in [-0.4, -0.2) is 48.7 Å². The summed E-state index contributed by atoms with van der Waals surface area (Å²) in [7, 11) is 0. The minimum atomic E-state index is -0.672. The van der Waals surface area contributed by atoms with Gasteiger partial charge >= 0.3 is 0 Å². The molecule has 8 heteroatoms. The molecule has 140 valence electrons. The van der Waals surface area contributed by atoms with Crippen molar-refractivity contribution in [1.82, 2.24) is 15.5 Å². The summed E-state index contributed by atoms with van der Waals surface area (Å²) >= 11 is 0. The van der Waals surface area contributed by atoms with Crippen molar-refractivity contribution >= 4 is 24.6 Å². The lowest BCUT2D eigenvalue weighted by molar-refractivity contribution is -0.141. The Morgan fingerprint density at radius 3 is 2.85 bits per heavy atom. The Morgan fingerprint density at radius 2 is 2.15 bits per heavy atom. The molecule has 0 bridgehead atoms. The second-order valence-corrected chi connectivity index (χ2v) is 6.07. The van der Waals surface area contributed by atoms with Crippen LogP contribution in [0.3, 0.4) is 0 Å². The summed E-state index contributed by atoms with van der Waals surface area (Å²) < 4.78 is 5.79. The Hall–Kier alpha value is -2.90. The van der Waals surface area contributed by atoms with Gasteiger partial charge < -0.3 is 15.0 Å². The van der Waals surface area contributed by atoms with Crippen LogP contribution in [0.25, 0.3) is 0 Å². The van der Waals surface area contributed by atoms with Crippen LogP contribution in [0.4, 0.5) is 0 Å². The van der Waals surface area contributed by atoms with Gasteiger partial charge in [0.05, 0.1) is 13.2 Å². The highest BCUT2D eigenvalue weighted by molar-refractivity contribution is 6.00. The predicted molar refractivity (Wildman–Crippen MR) is 93.1 cm³/mol. The van der Waals surface area contributed by atoms with E-state index in [0.29, 0.717) is 44.6 Å². The fraction of sp³-hybridized carbons (Fsp3) is 0.444. The molecule has 0 aliphatic carbocycles. The van der Waals surface area contributed by atoms with Crippen LogP contribution in [-0.2, 0) is 25.7 Å². The van der Waals surface area contributed by atoms with Crippen molar-refractivity contribution in [2.45, 2.75) is 38.8 Å². The minimum Gasteiger partial charge on any atom is -0.493 e. The fourth-order valence-electron chi connectivity index (χ4n) is 2.83. The zero-order valence-corrected chi connectivity index (χ0v) is 14.7. The molecule has 1 fully saturated rings. The molecular weight excluding hydrogens is 338 g/mol. The normalized spacial score (nSPS) is 16.6. The highest BCUT2D eigenvalue weighted by Gasteiger charge is 2.31. The Balaban J connectivity index is 2.08. The maximum Gasteiger partial charge on any atom is 0.249 e. The van der Waals surface area contributed by atoms with Crippen molar-refractivity contribution in [3.8, 4) is 5.75 Å². The van der Waals surface area contributed by atoms with Crippen molar-refractivity contribution in [3.05, 3.63) is 29.3 Å². The van der Waals surface area contributed by atoms with Crippen molar-refractivity contribution in [1.29, 1.82) is 0 Å². The third-order valence-electron chi connectivity index (χ3n) is 4.26. The number of nitrogens with one attached hydrogen (secondary N) is 2.